The Balaban J connectivity index is 1.22. The van der Waals surface area contributed by atoms with Crippen LogP contribution in [0, 0.1) is 0 Å². The number of amides is 1. The lowest BCUT2D eigenvalue weighted by molar-refractivity contribution is -0.117. The highest BCUT2D eigenvalue weighted by molar-refractivity contribution is 7.13. The number of carbonyl (C=O) groups is 1. The summed E-state index contributed by atoms with van der Waals surface area (Å²) < 4.78 is 5.25. The maximum Gasteiger partial charge on any atom is 0.240 e. The van der Waals surface area contributed by atoms with Crippen molar-refractivity contribution in [2.24, 2.45) is 0 Å². The first-order chi connectivity index (χ1) is 14.9. The second-order valence-corrected chi connectivity index (χ2v) is 9.79. The summed E-state index contributed by atoms with van der Waals surface area (Å²) in [6.45, 7) is 10.9. The molecule has 3 aromatic rings. The van der Waals surface area contributed by atoms with Crippen molar-refractivity contribution in [3.63, 3.8) is 0 Å². The maximum absolute atomic E-state index is 12.4. The second-order valence-electron chi connectivity index (χ2n) is 8.94. The van der Waals surface area contributed by atoms with E-state index in [1.165, 1.54) is 0 Å². The molecular weight excluding hydrogens is 410 g/mol. The molecule has 0 unspecified atom stereocenters. The van der Waals surface area contributed by atoms with Gasteiger partial charge in [0, 0.05) is 55.1 Å². The van der Waals surface area contributed by atoms with Crippen LogP contribution in [0.15, 0.2) is 46.3 Å². The molecular formula is C23H29N5O2S. The number of carbonyl (C=O) groups excluding carboxylic acids is 1. The molecule has 4 rings (SSSR count). The average Bonchev–Trinajstić information content (AvgIpc) is 3.40. The minimum Gasteiger partial charge on any atom is -0.338 e. The van der Waals surface area contributed by atoms with Crippen LogP contribution in [0.5, 0.6) is 0 Å². The molecule has 2 aromatic heterocycles. The average molecular weight is 440 g/mol. The predicted molar refractivity (Wildman–Crippen MR) is 123 cm³/mol. The molecule has 1 aliphatic heterocycles. The van der Waals surface area contributed by atoms with E-state index in [-0.39, 0.29) is 11.3 Å². The molecule has 7 nitrogen and oxygen atoms in total. The van der Waals surface area contributed by atoms with Crippen molar-refractivity contribution in [1.82, 2.24) is 19.9 Å². The van der Waals surface area contributed by atoms with Gasteiger partial charge < -0.3 is 4.52 Å². The maximum atomic E-state index is 12.4. The molecule has 3 heterocycles. The lowest BCUT2D eigenvalue weighted by Gasteiger charge is -2.33. The Hall–Kier alpha value is -2.55. The summed E-state index contributed by atoms with van der Waals surface area (Å²) in [4.78, 5) is 21.7. The third kappa shape index (κ3) is 5.78. The second kappa shape index (κ2) is 9.30. The van der Waals surface area contributed by atoms with Gasteiger partial charge in [0.1, 0.15) is 5.01 Å². The first kappa shape index (κ1) is 21.7. The summed E-state index contributed by atoms with van der Waals surface area (Å²) in [7, 11) is 0. The fraction of sp³-hybridized carbons (Fsp3) is 0.435. The molecule has 1 aromatic carbocycles. The lowest BCUT2D eigenvalue weighted by atomic mass is 9.92. The fourth-order valence-electron chi connectivity index (χ4n) is 3.50. The smallest absolute Gasteiger partial charge is 0.240 e. The molecule has 0 aliphatic carbocycles. The number of nitrogens with one attached hydrogen (secondary N) is 1. The van der Waals surface area contributed by atoms with Crippen LogP contribution in [0.1, 0.15) is 32.2 Å². The number of piperazine rings is 1. The summed E-state index contributed by atoms with van der Waals surface area (Å²) in [5, 5.41) is 10.1. The summed E-state index contributed by atoms with van der Waals surface area (Å²) >= 11 is 1.69. The minimum atomic E-state index is -0.109. The first-order valence-electron chi connectivity index (χ1n) is 10.6. The van der Waals surface area contributed by atoms with Crippen LogP contribution in [-0.4, -0.2) is 58.6 Å². The van der Waals surface area contributed by atoms with Gasteiger partial charge in [-0.25, -0.2) is 4.98 Å². The number of hydrogen-bond acceptors (Lipinski definition) is 7. The van der Waals surface area contributed by atoms with Crippen molar-refractivity contribution < 1.29 is 9.32 Å². The van der Waals surface area contributed by atoms with Crippen LogP contribution in [0.4, 0.5) is 5.88 Å². The van der Waals surface area contributed by atoms with Crippen LogP contribution in [0.2, 0.25) is 0 Å². The quantitative estimate of drug-likeness (QED) is 0.629. The molecule has 8 heteroatoms. The van der Waals surface area contributed by atoms with Gasteiger partial charge in [0.15, 0.2) is 0 Å². The largest absolute Gasteiger partial charge is 0.338 e. The summed E-state index contributed by atoms with van der Waals surface area (Å²) in [6.07, 6.45) is 0. The van der Waals surface area contributed by atoms with Gasteiger partial charge in [-0.2, -0.15) is 0 Å². The molecule has 164 valence electrons. The monoisotopic (exact) mass is 439 g/mol. The Morgan fingerprint density at radius 2 is 1.84 bits per heavy atom. The van der Waals surface area contributed by atoms with E-state index >= 15 is 0 Å². The standard InChI is InChI=1S/C23H29N5O2S/c1-23(2,3)19-13-21(30-26-19)25-20(29)15-28-11-9-27(10-12-28)14-18-16-31-22(24-18)17-7-5-4-6-8-17/h4-8,13,16H,9-12,14-15H2,1-3H3,(H,25,29). The highest BCUT2D eigenvalue weighted by Gasteiger charge is 2.22. The van der Waals surface area contributed by atoms with E-state index in [1.54, 1.807) is 17.4 Å². The van der Waals surface area contributed by atoms with Gasteiger partial charge in [0.2, 0.25) is 11.8 Å². The third-order valence-electron chi connectivity index (χ3n) is 5.33. The number of benzene rings is 1. The topological polar surface area (TPSA) is 74.5 Å². The van der Waals surface area contributed by atoms with Crippen molar-refractivity contribution >= 4 is 23.1 Å². The van der Waals surface area contributed by atoms with Crippen molar-refractivity contribution in [2.75, 3.05) is 38.0 Å². The van der Waals surface area contributed by atoms with Gasteiger partial charge in [-0.05, 0) is 0 Å². The van der Waals surface area contributed by atoms with Crippen molar-refractivity contribution in [3.8, 4) is 10.6 Å². The Bertz CT molecular complexity index is 1000. The zero-order valence-electron chi connectivity index (χ0n) is 18.3. The van der Waals surface area contributed by atoms with Gasteiger partial charge in [-0.1, -0.05) is 56.3 Å². The normalized spacial score (nSPS) is 15.8. The Morgan fingerprint density at radius 1 is 1.13 bits per heavy atom. The fourth-order valence-corrected chi connectivity index (χ4v) is 4.31. The third-order valence-corrected chi connectivity index (χ3v) is 6.27. The molecule has 1 saturated heterocycles. The van der Waals surface area contributed by atoms with Gasteiger partial charge in [0.05, 0.1) is 17.9 Å². The van der Waals surface area contributed by atoms with E-state index in [0.717, 1.165) is 54.7 Å². The lowest BCUT2D eigenvalue weighted by Crippen LogP contribution is -2.48. The van der Waals surface area contributed by atoms with E-state index in [0.29, 0.717) is 12.4 Å². The predicted octanol–water partition coefficient (Wildman–Crippen LogP) is 3.85. The number of thiazole rings is 1. The van der Waals surface area contributed by atoms with E-state index in [9.17, 15) is 4.79 Å². The van der Waals surface area contributed by atoms with Crippen LogP contribution in [0.25, 0.3) is 10.6 Å². The minimum absolute atomic E-state index is 0.0722. The number of nitrogens with zero attached hydrogens (tertiary/aromatic N) is 4. The summed E-state index contributed by atoms with van der Waals surface area (Å²) in [6, 6.07) is 12.1. The Morgan fingerprint density at radius 3 is 2.52 bits per heavy atom. The van der Waals surface area contributed by atoms with Gasteiger partial charge in [-0.3, -0.25) is 19.9 Å². The van der Waals surface area contributed by atoms with Crippen LogP contribution in [-0.2, 0) is 16.8 Å². The van der Waals surface area contributed by atoms with Crippen molar-refractivity contribution in [3.05, 3.63) is 53.2 Å². The van der Waals surface area contributed by atoms with Crippen LogP contribution >= 0.6 is 11.3 Å². The Labute approximate surface area is 187 Å². The molecule has 0 saturated carbocycles. The number of anilines is 1. The molecule has 0 atom stereocenters. The number of hydrogen-bond donors (Lipinski definition) is 1. The highest BCUT2D eigenvalue weighted by atomic mass is 32.1. The summed E-state index contributed by atoms with van der Waals surface area (Å²) in [5.41, 5.74) is 2.99. The van der Waals surface area contributed by atoms with E-state index in [1.807, 2.05) is 18.2 Å². The molecule has 31 heavy (non-hydrogen) atoms. The van der Waals surface area contributed by atoms with E-state index in [2.05, 4.69) is 58.6 Å². The molecule has 1 aliphatic rings. The number of aromatic nitrogens is 2. The molecule has 0 spiro atoms. The number of rotatable bonds is 6. The molecule has 0 radical (unpaired) electrons. The van der Waals surface area contributed by atoms with Gasteiger partial charge >= 0.3 is 0 Å². The molecule has 1 N–H and O–H groups in total. The van der Waals surface area contributed by atoms with Crippen LogP contribution in [0.3, 0.4) is 0 Å². The zero-order valence-corrected chi connectivity index (χ0v) is 19.1. The Kier molecular flexibility index (Phi) is 6.50. The van der Waals surface area contributed by atoms with Crippen molar-refractivity contribution in [1.29, 1.82) is 0 Å². The summed E-state index contributed by atoms with van der Waals surface area (Å²) in [5.74, 6) is 0.336. The zero-order chi connectivity index (χ0) is 21.8. The highest BCUT2D eigenvalue weighted by Crippen LogP contribution is 2.25. The molecule has 0 bridgehead atoms. The molecule has 1 amide bonds. The first-order valence-corrected chi connectivity index (χ1v) is 11.5. The molecule has 1 fully saturated rings. The van der Waals surface area contributed by atoms with E-state index in [4.69, 9.17) is 9.51 Å². The van der Waals surface area contributed by atoms with Gasteiger partial charge in [0.25, 0.3) is 0 Å². The van der Waals surface area contributed by atoms with Crippen LogP contribution < -0.4 is 5.32 Å². The van der Waals surface area contributed by atoms with Gasteiger partial charge in [-0.15, -0.1) is 11.3 Å². The van der Waals surface area contributed by atoms with Crippen molar-refractivity contribution in [2.45, 2.75) is 32.7 Å². The SMILES string of the molecule is CC(C)(C)c1cc(NC(=O)CN2CCN(Cc3csc(-c4ccccc4)n3)CC2)on1. The van der Waals surface area contributed by atoms with E-state index < -0.39 is 0 Å².